The van der Waals surface area contributed by atoms with E-state index in [2.05, 4.69) is 9.78 Å². The van der Waals surface area contributed by atoms with Crippen molar-refractivity contribution in [3.05, 3.63) is 62.8 Å². The van der Waals surface area contributed by atoms with Crippen LogP contribution in [-0.2, 0) is 9.78 Å². The molecular weight excluding hydrogens is 320 g/mol. The molecule has 0 aliphatic carbocycles. The number of benzene rings is 2. The molecular formula is C14H12N4O6-4. The van der Waals surface area contributed by atoms with Crippen LogP contribution in [0, 0.1) is 27.8 Å². The molecule has 1 aliphatic heterocycles. The van der Waals surface area contributed by atoms with Crippen LogP contribution in [0.1, 0.15) is 5.56 Å². The first-order valence-corrected chi connectivity index (χ1v) is 6.78. The molecule has 0 N–H and O–H groups in total. The molecule has 0 aromatic heterocycles. The fraction of sp³-hybridized carbons (Fsp3) is 0.143. The van der Waals surface area contributed by atoms with Crippen LogP contribution >= 0.6 is 0 Å². The number of hydrogen-bond acceptors (Lipinski definition) is 10. The highest BCUT2D eigenvalue weighted by atomic mass is 17.1. The van der Waals surface area contributed by atoms with Crippen molar-refractivity contribution >= 4 is 28.4 Å². The van der Waals surface area contributed by atoms with E-state index in [1.807, 2.05) is 0 Å². The quantitative estimate of drug-likeness (QED) is 0.771. The summed E-state index contributed by atoms with van der Waals surface area (Å²) in [6.45, 7) is 1.70. The molecule has 0 fully saturated rings. The molecule has 128 valence electrons. The van der Waals surface area contributed by atoms with Crippen molar-refractivity contribution in [2.75, 3.05) is 27.9 Å². The topological polar surface area (TPSA) is 124 Å². The minimum atomic E-state index is -0.0852. The average molecular weight is 332 g/mol. The number of fused-ring (bicyclic) bond motifs is 1. The Morgan fingerprint density at radius 1 is 0.958 bits per heavy atom. The zero-order valence-electron chi connectivity index (χ0n) is 12.7. The zero-order chi connectivity index (χ0) is 17.4. The summed E-state index contributed by atoms with van der Waals surface area (Å²) in [6.07, 6.45) is 0. The van der Waals surface area contributed by atoms with Crippen molar-refractivity contribution in [3.63, 3.8) is 0 Å². The molecule has 1 aliphatic rings. The number of aryl methyl sites for hydroxylation is 1. The van der Waals surface area contributed by atoms with Crippen molar-refractivity contribution in [3.8, 4) is 0 Å². The lowest BCUT2D eigenvalue weighted by Crippen LogP contribution is -2.17. The Labute approximate surface area is 136 Å². The van der Waals surface area contributed by atoms with Crippen molar-refractivity contribution in [2.24, 2.45) is 0 Å². The Bertz CT molecular complexity index is 758. The molecule has 24 heavy (non-hydrogen) atoms. The summed E-state index contributed by atoms with van der Waals surface area (Å²) in [6, 6.07) is 8.35. The third-order valence-corrected chi connectivity index (χ3v) is 3.52. The first kappa shape index (κ1) is 16.3. The van der Waals surface area contributed by atoms with Crippen molar-refractivity contribution in [2.45, 2.75) is 6.92 Å². The van der Waals surface area contributed by atoms with Gasteiger partial charge in [-0.1, -0.05) is 6.07 Å². The van der Waals surface area contributed by atoms with E-state index in [0.717, 1.165) is 0 Å². The van der Waals surface area contributed by atoms with E-state index >= 15 is 0 Å². The Hall–Kier alpha value is -2.60. The number of nitrogens with zero attached hydrogens (tertiary/aromatic N) is 4. The van der Waals surface area contributed by atoms with Gasteiger partial charge >= 0.3 is 0 Å². The molecule has 2 aromatic carbocycles. The van der Waals surface area contributed by atoms with E-state index in [-0.39, 0.29) is 44.1 Å². The van der Waals surface area contributed by atoms with Crippen LogP contribution in [0.25, 0.3) is 0 Å². The lowest BCUT2D eigenvalue weighted by atomic mass is 10.1. The van der Waals surface area contributed by atoms with Crippen molar-refractivity contribution in [1.29, 1.82) is 0 Å². The third kappa shape index (κ3) is 2.69. The summed E-state index contributed by atoms with van der Waals surface area (Å²) < 4.78 is 0. The van der Waals surface area contributed by atoms with Gasteiger partial charge in [-0.3, -0.25) is 15.3 Å². The minimum absolute atomic E-state index is 0.00291. The van der Waals surface area contributed by atoms with Crippen LogP contribution in [0.15, 0.2) is 36.4 Å². The molecule has 10 heteroatoms. The second-order valence-corrected chi connectivity index (χ2v) is 4.97. The highest BCUT2D eigenvalue weighted by Crippen LogP contribution is 2.40. The molecule has 0 unspecified atom stereocenters. The van der Waals surface area contributed by atoms with Gasteiger partial charge in [0.25, 0.3) is 0 Å². The fourth-order valence-corrected chi connectivity index (χ4v) is 2.26. The van der Waals surface area contributed by atoms with Gasteiger partial charge in [0.05, 0.1) is 24.2 Å². The summed E-state index contributed by atoms with van der Waals surface area (Å²) in [5, 5.41) is 47.8. The molecule has 0 saturated heterocycles. The van der Waals surface area contributed by atoms with Gasteiger partial charge in [-0.05, 0) is 42.8 Å². The minimum Gasteiger partial charge on any atom is -0.754 e. The van der Waals surface area contributed by atoms with Gasteiger partial charge < -0.3 is 31.1 Å². The third-order valence-electron chi connectivity index (χ3n) is 3.52. The maximum Gasteiger partial charge on any atom is 0.0804 e. The first-order valence-electron chi connectivity index (χ1n) is 6.78. The van der Waals surface area contributed by atoms with Gasteiger partial charge in [0.15, 0.2) is 0 Å². The monoisotopic (exact) mass is 332 g/mol. The van der Waals surface area contributed by atoms with Crippen LogP contribution in [0.4, 0.5) is 28.4 Å². The highest BCUT2D eigenvalue weighted by molar-refractivity contribution is 5.80. The van der Waals surface area contributed by atoms with Crippen LogP contribution in [0.3, 0.4) is 0 Å². The molecule has 3 rings (SSSR count). The van der Waals surface area contributed by atoms with Gasteiger partial charge in [-0.25, -0.2) is 0 Å². The summed E-state index contributed by atoms with van der Waals surface area (Å²) in [5.41, 5.74) is 0.965. The lowest BCUT2D eigenvalue weighted by molar-refractivity contribution is 0.150. The van der Waals surface area contributed by atoms with Gasteiger partial charge in [-0.2, -0.15) is 4.94 Å². The van der Waals surface area contributed by atoms with Crippen LogP contribution in [0.2, 0.25) is 0 Å². The maximum atomic E-state index is 12.5. The second-order valence-electron chi connectivity index (χ2n) is 4.97. The summed E-state index contributed by atoms with van der Waals surface area (Å²) in [7, 11) is 1.21. The average Bonchev–Trinajstić information content (AvgIpc) is 2.88. The van der Waals surface area contributed by atoms with Gasteiger partial charge in [0.1, 0.15) is 0 Å². The summed E-state index contributed by atoms with van der Waals surface area (Å²) in [4.78, 5) is 8.92. The Morgan fingerprint density at radius 3 is 2.29 bits per heavy atom. The molecule has 0 spiro atoms. The Kier molecular flexibility index (Phi) is 4.15. The Balaban J connectivity index is 1.95. The number of hydrogen-bond donors (Lipinski definition) is 0. The van der Waals surface area contributed by atoms with E-state index in [9.17, 15) is 20.8 Å². The van der Waals surface area contributed by atoms with E-state index in [1.54, 1.807) is 13.0 Å². The second kappa shape index (κ2) is 6.13. The Morgan fingerprint density at radius 2 is 1.58 bits per heavy atom. The van der Waals surface area contributed by atoms with Gasteiger partial charge in [-0.15, -0.1) is 0 Å². The number of anilines is 5. The fourth-order valence-electron chi connectivity index (χ4n) is 2.26. The molecule has 0 amide bonds. The highest BCUT2D eigenvalue weighted by Gasteiger charge is 2.17. The summed E-state index contributed by atoms with van der Waals surface area (Å²) >= 11 is 0. The predicted octanol–water partition coefficient (Wildman–Crippen LogP) is 2.97. The van der Waals surface area contributed by atoms with Crippen molar-refractivity contribution in [1.82, 2.24) is 0 Å². The van der Waals surface area contributed by atoms with Gasteiger partial charge in [0.2, 0.25) is 0 Å². The molecule has 10 nitrogen and oxygen atoms in total. The molecule has 2 aromatic rings. The van der Waals surface area contributed by atoms with Crippen LogP contribution in [0.5, 0.6) is 0 Å². The SMILES string of the molecule is CON([O-])c1cc(N([O-])c2ccc3c(c2)N([O-])ON3[O-])ccc1C. The molecule has 0 atom stereocenters. The van der Waals surface area contributed by atoms with E-state index in [4.69, 9.17) is 0 Å². The first-order chi connectivity index (χ1) is 11.4. The maximum absolute atomic E-state index is 12.5. The molecule has 0 saturated carbocycles. The summed E-state index contributed by atoms with van der Waals surface area (Å²) in [5.74, 6) is 0. The largest absolute Gasteiger partial charge is 0.754 e. The predicted molar refractivity (Wildman–Crippen MR) is 88.8 cm³/mol. The molecule has 0 bridgehead atoms. The van der Waals surface area contributed by atoms with Crippen LogP contribution in [-0.4, -0.2) is 7.11 Å². The van der Waals surface area contributed by atoms with Crippen molar-refractivity contribution < 1.29 is 9.78 Å². The smallest absolute Gasteiger partial charge is 0.0804 e. The van der Waals surface area contributed by atoms with Crippen LogP contribution < -0.4 is 20.7 Å². The van der Waals surface area contributed by atoms with E-state index in [0.29, 0.717) is 10.6 Å². The lowest BCUT2D eigenvalue weighted by Gasteiger charge is -2.34. The molecule has 0 radical (unpaired) electrons. The van der Waals surface area contributed by atoms with Gasteiger partial charge in [0, 0.05) is 11.4 Å². The molecule has 1 heterocycles. The number of rotatable bonds is 4. The van der Waals surface area contributed by atoms with E-state index in [1.165, 1.54) is 37.4 Å². The standard InChI is InChI=1S/C14H12N4O6/c1-9-3-4-10(7-13(9)16(20)23-2)15(19)11-5-6-12-14(8-11)18(22)24-17(12)21/h3-8H,1-2H3/q-4. The normalized spacial score (nSPS) is 13.2. The van der Waals surface area contributed by atoms with E-state index < -0.39 is 0 Å². The zero-order valence-corrected chi connectivity index (χ0v) is 12.7.